The van der Waals surface area contributed by atoms with Gasteiger partial charge in [-0.05, 0) is 24.3 Å². The summed E-state index contributed by atoms with van der Waals surface area (Å²) < 4.78 is 0. The Balaban J connectivity index is 2.21. The molecule has 0 fully saturated rings. The summed E-state index contributed by atoms with van der Waals surface area (Å²) in [5.41, 5.74) is 12.4. The third-order valence-electron chi connectivity index (χ3n) is 2.11. The zero-order valence-corrected chi connectivity index (χ0v) is 8.92. The van der Waals surface area contributed by atoms with Crippen LogP contribution >= 0.6 is 0 Å². The molecule has 2 aromatic rings. The quantitative estimate of drug-likeness (QED) is 0.663. The summed E-state index contributed by atoms with van der Waals surface area (Å²) in [6.45, 7) is 0. The van der Waals surface area contributed by atoms with E-state index in [1.54, 1.807) is 18.2 Å². The standard InChI is InChI=1S/C11H11N5O/c12-7-2-3-8(9(13)6-7)10(17)16-11-14-4-1-5-15-11/h1-6H,12-13H2,(H,14,15,16,17). The molecule has 17 heavy (non-hydrogen) atoms. The van der Waals surface area contributed by atoms with E-state index in [0.29, 0.717) is 16.9 Å². The Kier molecular flexibility index (Phi) is 2.87. The predicted molar refractivity (Wildman–Crippen MR) is 65.3 cm³/mol. The van der Waals surface area contributed by atoms with Crippen LogP contribution in [0.1, 0.15) is 10.4 Å². The zero-order chi connectivity index (χ0) is 12.3. The molecule has 0 atom stereocenters. The van der Waals surface area contributed by atoms with Crippen molar-refractivity contribution in [2.45, 2.75) is 0 Å². The van der Waals surface area contributed by atoms with Crippen molar-refractivity contribution in [1.29, 1.82) is 0 Å². The number of rotatable bonds is 2. The molecule has 0 radical (unpaired) electrons. The number of nitrogens with one attached hydrogen (secondary N) is 1. The minimum absolute atomic E-state index is 0.230. The van der Waals surface area contributed by atoms with Gasteiger partial charge in [0.2, 0.25) is 5.95 Å². The maximum absolute atomic E-state index is 11.8. The van der Waals surface area contributed by atoms with Gasteiger partial charge in [0, 0.05) is 23.8 Å². The van der Waals surface area contributed by atoms with Crippen LogP contribution in [0.25, 0.3) is 0 Å². The van der Waals surface area contributed by atoms with E-state index in [2.05, 4.69) is 15.3 Å². The summed E-state index contributed by atoms with van der Waals surface area (Å²) in [5.74, 6) is -0.137. The molecule has 1 heterocycles. The smallest absolute Gasteiger partial charge is 0.260 e. The monoisotopic (exact) mass is 229 g/mol. The number of aromatic nitrogens is 2. The van der Waals surface area contributed by atoms with Crippen molar-refractivity contribution >= 4 is 23.2 Å². The van der Waals surface area contributed by atoms with Gasteiger partial charge in [-0.2, -0.15) is 0 Å². The Labute approximate surface area is 97.7 Å². The molecule has 0 spiro atoms. The average molecular weight is 229 g/mol. The number of anilines is 3. The molecule has 86 valence electrons. The molecule has 0 bridgehead atoms. The molecule has 1 aromatic heterocycles. The third kappa shape index (κ3) is 2.49. The van der Waals surface area contributed by atoms with Crippen LogP contribution in [0.2, 0.25) is 0 Å². The van der Waals surface area contributed by atoms with E-state index in [1.165, 1.54) is 18.5 Å². The van der Waals surface area contributed by atoms with Crippen LogP contribution in [0.3, 0.4) is 0 Å². The summed E-state index contributed by atoms with van der Waals surface area (Å²) >= 11 is 0. The number of benzene rings is 1. The van der Waals surface area contributed by atoms with Crippen molar-refractivity contribution in [2.75, 3.05) is 16.8 Å². The van der Waals surface area contributed by atoms with E-state index in [1.807, 2.05) is 0 Å². The molecule has 0 saturated carbocycles. The first-order chi connectivity index (χ1) is 8.16. The SMILES string of the molecule is Nc1ccc(C(=O)Nc2ncccn2)c(N)c1. The van der Waals surface area contributed by atoms with Crippen LogP contribution in [0, 0.1) is 0 Å². The van der Waals surface area contributed by atoms with E-state index in [4.69, 9.17) is 11.5 Å². The highest BCUT2D eigenvalue weighted by Crippen LogP contribution is 2.16. The fourth-order valence-corrected chi connectivity index (χ4v) is 1.32. The minimum atomic E-state index is -0.367. The summed E-state index contributed by atoms with van der Waals surface area (Å²) in [5, 5.41) is 2.54. The summed E-state index contributed by atoms with van der Waals surface area (Å²) in [6, 6.07) is 6.36. The molecule has 1 amide bonds. The topological polar surface area (TPSA) is 107 Å². The lowest BCUT2D eigenvalue weighted by Crippen LogP contribution is -2.15. The van der Waals surface area contributed by atoms with Gasteiger partial charge >= 0.3 is 0 Å². The Bertz CT molecular complexity index is 541. The summed E-state index contributed by atoms with van der Waals surface area (Å²) in [6.07, 6.45) is 3.07. The largest absolute Gasteiger partial charge is 0.399 e. The number of amides is 1. The minimum Gasteiger partial charge on any atom is -0.399 e. The van der Waals surface area contributed by atoms with Crippen LogP contribution in [-0.4, -0.2) is 15.9 Å². The van der Waals surface area contributed by atoms with Crippen LogP contribution in [0.15, 0.2) is 36.7 Å². The number of hydrogen-bond acceptors (Lipinski definition) is 5. The second-order valence-corrected chi connectivity index (χ2v) is 3.37. The molecule has 0 aliphatic rings. The molecular weight excluding hydrogens is 218 g/mol. The second-order valence-electron chi connectivity index (χ2n) is 3.37. The van der Waals surface area contributed by atoms with Gasteiger partial charge < -0.3 is 11.5 Å². The molecule has 0 saturated heterocycles. The summed E-state index contributed by atoms with van der Waals surface area (Å²) in [7, 11) is 0. The highest BCUT2D eigenvalue weighted by atomic mass is 16.1. The van der Waals surface area contributed by atoms with Gasteiger partial charge in [-0.1, -0.05) is 0 Å². The van der Waals surface area contributed by atoms with Crippen molar-refractivity contribution in [3.8, 4) is 0 Å². The van der Waals surface area contributed by atoms with Crippen LogP contribution < -0.4 is 16.8 Å². The van der Waals surface area contributed by atoms with Crippen molar-refractivity contribution in [1.82, 2.24) is 9.97 Å². The molecule has 5 N–H and O–H groups in total. The van der Waals surface area contributed by atoms with E-state index in [9.17, 15) is 4.79 Å². The highest BCUT2D eigenvalue weighted by molar-refractivity contribution is 6.07. The molecule has 1 aromatic carbocycles. The lowest BCUT2D eigenvalue weighted by atomic mass is 10.1. The number of nitrogens with two attached hydrogens (primary N) is 2. The Morgan fingerprint density at radius 2 is 1.88 bits per heavy atom. The molecule has 0 unspecified atom stereocenters. The number of nitrogens with zero attached hydrogens (tertiary/aromatic N) is 2. The van der Waals surface area contributed by atoms with Gasteiger partial charge in [-0.3, -0.25) is 10.1 Å². The molecule has 2 rings (SSSR count). The predicted octanol–water partition coefficient (Wildman–Crippen LogP) is 0.893. The van der Waals surface area contributed by atoms with Crippen LogP contribution in [0.5, 0.6) is 0 Å². The van der Waals surface area contributed by atoms with Crippen molar-refractivity contribution in [2.24, 2.45) is 0 Å². The Morgan fingerprint density at radius 3 is 2.53 bits per heavy atom. The second kappa shape index (κ2) is 4.48. The maximum atomic E-state index is 11.8. The highest BCUT2D eigenvalue weighted by Gasteiger charge is 2.10. The maximum Gasteiger partial charge on any atom is 0.260 e. The first kappa shape index (κ1) is 10.9. The van der Waals surface area contributed by atoms with Gasteiger partial charge in [-0.15, -0.1) is 0 Å². The average Bonchev–Trinajstić information content (AvgIpc) is 2.30. The van der Waals surface area contributed by atoms with Gasteiger partial charge in [-0.25, -0.2) is 9.97 Å². The van der Waals surface area contributed by atoms with Gasteiger partial charge in [0.05, 0.1) is 5.56 Å². The molecule has 0 aliphatic carbocycles. The van der Waals surface area contributed by atoms with Gasteiger partial charge in [0.25, 0.3) is 5.91 Å². The number of nitrogen functional groups attached to an aromatic ring is 2. The van der Waals surface area contributed by atoms with Gasteiger partial charge in [0.15, 0.2) is 0 Å². The molecule has 6 heteroatoms. The molecular formula is C11H11N5O. The first-order valence-electron chi connectivity index (χ1n) is 4.90. The normalized spacial score (nSPS) is 9.88. The molecule has 6 nitrogen and oxygen atoms in total. The lowest BCUT2D eigenvalue weighted by Gasteiger charge is -2.06. The van der Waals surface area contributed by atoms with Crippen molar-refractivity contribution in [3.63, 3.8) is 0 Å². The molecule has 0 aliphatic heterocycles. The Hall–Kier alpha value is -2.63. The van der Waals surface area contributed by atoms with Crippen LogP contribution in [0.4, 0.5) is 17.3 Å². The van der Waals surface area contributed by atoms with E-state index >= 15 is 0 Å². The number of hydrogen-bond donors (Lipinski definition) is 3. The third-order valence-corrected chi connectivity index (χ3v) is 2.11. The fraction of sp³-hybridized carbons (Fsp3) is 0. The van der Waals surface area contributed by atoms with E-state index in [0.717, 1.165) is 0 Å². The number of carbonyl (C=O) groups is 1. The van der Waals surface area contributed by atoms with Crippen molar-refractivity contribution in [3.05, 3.63) is 42.2 Å². The summed E-state index contributed by atoms with van der Waals surface area (Å²) in [4.78, 5) is 19.6. The Morgan fingerprint density at radius 1 is 1.18 bits per heavy atom. The van der Waals surface area contributed by atoms with E-state index < -0.39 is 0 Å². The lowest BCUT2D eigenvalue weighted by molar-refractivity contribution is 0.102. The van der Waals surface area contributed by atoms with Crippen LogP contribution in [-0.2, 0) is 0 Å². The fourth-order valence-electron chi connectivity index (χ4n) is 1.32. The van der Waals surface area contributed by atoms with Gasteiger partial charge in [0.1, 0.15) is 0 Å². The zero-order valence-electron chi connectivity index (χ0n) is 8.92. The van der Waals surface area contributed by atoms with E-state index in [-0.39, 0.29) is 11.9 Å². The van der Waals surface area contributed by atoms with Crippen molar-refractivity contribution < 1.29 is 4.79 Å². The first-order valence-corrected chi connectivity index (χ1v) is 4.90. The number of carbonyl (C=O) groups excluding carboxylic acids is 1.